The van der Waals surface area contributed by atoms with Crippen molar-refractivity contribution >= 4 is 17.9 Å². The third kappa shape index (κ3) is 7.82. The van der Waals surface area contributed by atoms with Crippen molar-refractivity contribution in [2.75, 3.05) is 26.7 Å². The molecule has 0 aromatic carbocycles. The Kier molecular flexibility index (Phi) is 7.27. The second-order valence-electron chi connectivity index (χ2n) is 5.25. The Labute approximate surface area is 131 Å². The maximum absolute atomic E-state index is 12.0. The van der Waals surface area contributed by atoms with E-state index >= 15 is 0 Å². The molecule has 132 valence electrons. The maximum Gasteiger partial charge on any atom is 0.405 e. The fraction of sp³-hybridized carbons (Fsp3) is 0.769. The molecule has 1 aliphatic heterocycles. The molecular formula is C13H20F3N3O4. The van der Waals surface area contributed by atoms with Gasteiger partial charge in [-0.3, -0.25) is 19.8 Å². The molecule has 23 heavy (non-hydrogen) atoms. The summed E-state index contributed by atoms with van der Waals surface area (Å²) in [5.74, 6) is -1.12. The SMILES string of the molecule is COC(=O)CC1CCCCN1CC(=O)NC(=O)NCC(F)(F)F. The van der Waals surface area contributed by atoms with Gasteiger partial charge in [0.1, 0.15) is 6.54 Å². The minimum atomic E-state index is -4.54. The zero-order valence-electron chi connectivity index (χ0n) is 12.7. The number of esters is 1. The highest BCUT2D eigenvalue weighted by atomic mass is 19.4. The zero-order valence-corrected chi connectivity index (χ0v) is 12.7. The molecular weight excluding hydrogens is 319 g/mol. The van der Waals surface area contributed by atoms with Gasteiger partial charge >= 0.3 is 18.2 Å². The molecule has 0 aromatic rings. The first kappa shape index (κ1) is 19.2. The Morgan fingerprint density at radius 3 is 2.57 bits per heavy atom. The van der Waals surface area contributed by atoms with Gasteiger partial charge in [-0.2, -0.15) is 13.2 Å². The number of urea groups is 1. The normalized spacial score (nSPS) is 19.0. The third-order valence-electron chi connectivity index (χ3n) is 3.43. The van der Waals surface area contributed by atoms with Crippen LogP contribution in [0.25, 0.3) is 0 Å². The molecule has 0 aliphatic carbocycles. The molecule has 1 unspecified atom stereocenters. The van der Waals surface area contributed by atoms with Crippen molar-refractivity contribution in [3.63, 3.8) is 0 Å². The lowest BCUT2D eigenvalue weighted by Crippen LogP contribution is -2.50. The van der Waals surface area contributed by atoms with Crippen LogP contribution in [-0.2, 0) is 14.3 Å². The minimum absolute atomic E-state index is 0.129. The molecule has 1 atom stereocenters. The molecule has 1 rings (SSSR count). The number of imide groups is 1. The molecule has 1 fully saturated rings. The summed E-state index contributed by atoms with van der Waals surface area (Å²) in [5, 5.41) is 3.40. The number of likely N-dealkylation sites (tertiary alicyclic amines) is 1. The smallest absolute Gasteiger partial charge is 0.405 e. The summed E-state index contributed by atoms with van der Waals surface area (Å²) in [6.45, 7) is -1.11. The average molecular weight is 339 g/mol. The lowest BCUT2D eigenvalue weighted by molar-refractivity contribution is -0.143. The van der Waals surface area contributed by atoms with Crippen LogP contribution in [0, 0.1) is 0 Å². The predicted octanol–water partition coefficient (Wildman–Crippen LogP) is 0.792. The number of alkyl halides is 3. The summed E-state index contributed by atoms with van der Waals surface area (Å²) in [5.41, 5.74) is 0. The summed E-state index contributed by atoms with van der Waals surface area (Å²) in [6.07, 6.45) is -1.96. The molecule has 1 aliphatic rings. The lowest BCUT2D eigenvalue weighted by atomic mass is 9.99. The van der Waals surface area contributed by atoms with Crippen LogP contribution in [0.2, 0.25) is 0 Å². The molecule has 10 heteroatoms. The Morgan fingerprint density at radius 2 is 1.96 bits per heavy atom. The average Bonchev–Trinajstić information content (AvgIpc) is 2.46. The van der Waals surface area contributed by atoms with Crippen LogP contribution >= 0.6 is 0 Å². The number of hydrogen-bond donors (Lipinski definition) is 2. The maximum atomic E-state index is 12.0. The fourth-order valence-electron chi connectivity index (χ4n) is 2.35. The highest BCUT2D eigenvalue weighted by Gasteiger charge is 2.29. The van der Waals surface area contributed by atoms with E-state index < -0.39 is 30.6 Å². The van der Waals surface area contributed by atoms with E-state index in [9.17, 15) is 27.6 Å². The summed E-state index contributed by atoms with van der Waals surface area (Å²) < 4.78 is 40.5. The first-order valence-corrected chi connectivity index (χ1v) is 7.16. The van der Waals surface area contributed by atoms with Gasteiger partial charge in [0.15, 0.2) is 0 Å². The number of halogens is 3. The molecule has 2 N–H and O–H groups in total. The molecule has 0 spiro atoms. The first-order valence-electron chi connectivity index (χ1n) is 7.16. The highest BCUT2D eigenvalue weighted by molar-refractivity contribution is 5.95. The first-order chi connectivity index (χ1) is 10.7. The monoisotopic (exact) mass is 339 g/mol. The molecule has 0 bridgehead atoms. The summed E-state index contributed by atoms with van der Waals surface area (Å²) >= 11 is 0. The van der Waals surface area contributed by atoms with Crippen LogP contribution < -0.4 is 10.6 Å². The van der Waals surface area contributed by atoms with E-state index in [1.165, 1.54) is 7.11 Å². The standard InChI is InChI=1S/C13H20F3N3O4/c1-23-11(21)6-9-4-2-3-5-19(9)7-10(20)18-12(22)17-8-13(14,15)16/h9H,2-8H2,1H3,(H2,17,18,20,22). The number of hydrogen-bond acceptors (Lipinski definition) is 5. The van der Waals surface area contributed by atoms with Gasteiger partial charge in [0.25, 0.3) is 0 Å². The molecule has 0 saturated carbocycles. The highest BCUT2D eigenvalue weighted by Crippen LogP contribution is 2.19. The van der Waals surface area contributed by atoms with Gasteiger partial charge in [0.05, 0.1) is 20.1 Å². The Hall–Kier alpha value is -1.84. The number of nitrogens with one attached hydrogen (secondary N) is 2. The molecule has 7 nitrogen and oxygen atoms in total. The van der Waals surface area contributed by atoms with Crippen LogP contribution in [0.15, 0.2) is 0 Å². The predicted molar refractivity (Wildman–Crippen MR) is 73.4 cm³/mol. The molecule has 1 saturated heterocycles. The number of ether oxygens (including phenoxy) is 1. The van der Waals surface area contributed by atoms with Crippen LogP contribution in [0.5, 0.6) is 0 Å². The van der Waals surface area contributed by atoms with E-state index in [1.54, 1.807) is 10.2 Å². The van der Waals surface area contributed by atoms with Crippen molar-refractivity contribution in [2.45, 2.75) is 37.9 Å². The van der Waals surface area contributed by atoms with Gasteiger partial charge in [-0.1, -0.05) is 6.42 Å². The van der Waals surface area contributed by atoms with Gasteiger partial charge in [0.2, 0.25) is 5.91 Å². The van der Waals surface area contributed by atoms with E-state index in [0.29, 0.717) is 13.0 Å². The fourth-order valence-corrected chi connectivity index (χ4v) is 2.35. The number of methoxy groups -OCH3 is 1. The lowest BCUT2D eigenvalue weighted by Gasteiger charge is -2.34. The quantitative estimate of drug-likeness (QED) is 0.723. The number of nitrogens with zero attached hydrogens (tertiary/aromatic N) is 1. The van der Waals surface area contributed by atoms with E-state index in [0.717, 1.165) is 12.8 Å². The molecule has 1 heterocycles. The number of rotatable bonds is 5. The van der Waals surface area contributed by atoms with Gasteiger partial charge in [0, 0.05) is 6.04 Å². The minimum Gasteiger partial charge on any atom is -0.469 e. The van der Waals surface area contributed by atoms with Crippen molar-refractivity contribution < 1.29 is 32.3 Å². The second-order valence-corrected chi connectivity index (χ2v) is 5.25. The summed E-state index contributed by atoms with van der Waals surface area (Å²) in [7, 11) is 1.27. The van der Waals surface area contributed by atoms with Gasteiger partial charge < -0.3 is 10.1 Å². The molecule has 3 amide bonds. The number of piperidine rings is 1. The largest absolute Gasteiger partial charge is 0.469 e. The van der Waals surface area contributed by atoms with Crippen molar-refractivity contribution in [1.82, 2.24) is 15.5 Å². The summed E-state index contributed by atoms with van der Waals surface area (Å²) in [4.78, 5) is 36.0. The van der Waals surface area contributed by atoms with E-state index in [1.807, 2.05) is 5.32 Å². The van der Waals surface area contributed by atoms with Crippen LogP contribution in [0.3, 0.4) is 0 Å². The van der Waals surface area contributed by atoms with Crippen molar-refractivity contribution in [1.29, 1.82) is 0 Å². The van der Waals surface area contributed by atoms with Crippen molar-refractivity contribution in [3.8, 4) is 0 Å². The topological polar surface area (TPSA) is 87.7 Å². The molecule has 0 radical (unpaired) electrons. The van der Waals surface area contributed by atoms with Gasteiger partial charge in [-0.05, 0) is 19.4 Å². The zero-order chi connectivity index (χ0) is 17.5. The summed E-state index contributed by atoms with van der Waals surface area (Å²) in [6, 6.07) is -1.38. The van der Waals surface area contributed by atoms with Crippen molar-refractivity contribution in [3.05, 3.63) is 0 Å². The Morgan fingerprint density at radius 1 is 1.26 bits per heavy atom. The van der Waals surface area contributed by atoms with Gasteiger partial charge in [-0.25, -0.2) is 4.79 Å². The van der Waals surface area contributed by atoms with E-state index in [-0.39, 0.29) is 19.0 Å². The van der Waals surface area contributed by atoms with E-state index in [4.69, 9.17) is 0 Å². The van der Waals surface area contributed by atoms with Crippen LogP contribution in [0.1, 0.15) is 25.7 Å². The molecule has 0 aromatic heterocycles. The Balaban J connectivity index is 2.44. The Bertz CT molecular complexity index is 443. The van der Waals surface area contributed by atoms with Gasteiger partial charge in [-0.15, -0.1) is 0 Å². The second kappa shape index (κ2) is 8.70. The van der Waals surface area contributed by atoms with Crippen LogP contribution in [0.4, 0.5) is 18.0 Å². The number of carbonyl (C=O) groups excluding carboxylic acids is 3. The third-order valence-corrected chi connectivity index (χ3v) is 3.43. The number of carbonyl (C=O) groups is 3. The number of amides is 3. The van der Waals surface area contributed by atoms with E-state index in [2.05, 4.69) is 4.74 Å². The van der Waals surface area contributed by atoms with Crippen molar-refractivity contribution in [2.24, 2.45) is 0 Å². The van der Waals surface area contributed by atoms with Crippen LogP contribution in [-0.4, -0.2) is 61.8 Å².